The number of amides is 1. The fourth-order valence-corrected chi connectivity index (χ4v) is 1.98. The maximum Gasteiger partial charge on any atom is 0.222 e. The second-order valence-electron chi connectivity index (χ2n) is 4.53. The molecular formula is C12H23N3O3. The molecule has 104 valence electrons. The maximum absolute atomic E-state index is 11.9. The zero-order valence-corrected chi connectivity index (χ0v) is 11.0. The lowest BCUT2D eigenvalue weighted by Crippen LogP contribution is -2.50. The molecule has 0 aromatic heterocycles. The molecule has 1 amide bonds. The number of ether oxygens (including phenoxy) is 1. The number of nitrogens with two attached hydrogens (primary N) is 1. The van der Waals surface area contributed by atoms with Crippen molar-refractivity contribution in [3.05, 3.63) is 0 Å². The van der Waals surface area contributed by atoms with E-state index in [1.807, 2.05) is 0 Å². The Labute approximate surface area is 108 Å². The molecular weight excluding hydrogens is 234 g/mol. The lowest BCUT2D eigenvalue weighted by atomic mass is 10.1. The lowest BCUT2D eigenvalue weighted by Gasteiger charge is -2.32. The monoisotopic (exact) mass is 257 g/mol. The number of oxime groups is 1. The van der Waals surface area contributed by atoms with E-state index in [2.05, 4.69) is 12.1 Å². The molecule has 0 aromatic carbocycles. The maximum atomic E-state index is 11.9. The number of amidine groups is 1. The molecule has 1 heterocycles. The standard InChI is InChI=1S/C12H23N3O3/c1-2-3-4-5-6-11(16)15-7-8-18-10(9-15)12(13)14-17/h10,17H,2-9H2,1H3,(H2,13,14). The van der Waals surface area contributed by atoms with Crippen LogP contribution in [0.1, 0.15) is 39.0 Å². The van der Waals surface area contributed by atoms with Crippen molar-refractivity contribution in [1.82, 2.24) is 4.90 Å². The number of carbonyl (C=O) groups excluding carboxylic acids is 1. The van der Waals surface area contributed by atoms with E-state index in [0.717, 1.165) is 19.3 Å². The van der Waals surface area contributed by atoms with E-state index in [1.165, 1.54) is 6.42 Å². The summed E-state index contributed by atoms with van der Waals surface area (Å²) in [7, 11) is 0. The fraction of sp³-hybridized carbons (Fsp3) is 0.833. The summed E-state index contributed by atoms with van der Waals surface area (Å²) in [5.41, 5.74) is 5.49. The van der Waals surface area contributed by atoms with Gasteiger partial charge in [-0.3, -0.25) is 4.79 Å². The van der Waals surface area contributed by atoms with Gasteiger partial charge in [0.2, 0.25) is 5.91 Å². The van der Waals surface area contributed by atoms with Crippen molar-refractivity contribution < 1.29 is 14.7 Å². The van der Waals surface area contributed by atoms with Crippen LogP contribution < -0.4 is 5.73 Å². The number of nitrogens with zero attached hydrogens (tertiary/aromatic N) is 2. The van der Waals surface area contributed by atoms with Gasteiger partial charge in [0, 0.05) is 13.0 Å². The van der Waals surface area contributed by atoms with Crippen molar-refractivity contribution in [2.24, 2.45) is 10.9 Å². The quantitative estimate of drug-likeness (QED) is 0.243. The predicted molar refractivity (Wildman–Crippen MR) is 68.5 cm³/mol. The Bertz CT molecular complexity index is 294. The van der Waals surface area contributed by atoms with Crippen molar-refractivity contribution in [3.63, 3.8) is 0 Å². The van der Waals surface area contributed by atoms with Gasteiger partial charge in [0.05, 0.1) is 13.2 Å². The summed E-state index contributed by atoms with van der Waals surface area (Å²) in [6, 6.07) is 0. The molecule has 1 rings (SSSR count). The average molecular weight is 257 g/mol. The second kappa shape index (κ2) is 7.92. The van der Waals surface area contributed by atoms with Gasteiger partial charge in [-0.05, 0) is 6.42 Å². The molecule has 1 aliphatic rings. The Morgan fingerprint density at radius 3 is 2.94 bits per heavy atom. The highest BCUT2D eigenvalue weighted by Crippen LogP contribution is 2.10. The third-order valence-corrected chi connectivity index (χ3v) is 3.11. The third-order valence-electron chi connectivity index (χ3n) is 3.11. The van der Waals surface area contributed by atoms with Crippen LogP contribution in [0.25, 0.3) is 0 Å². The van der Waals surface area contributed by atoms with Crippen molar-refractivity contribution in [2.75, 3.05) is 19.7 Å². The van der Waals surface area contributed by atoms with Crippen molar-refractivity contribution in [3.8, 4) is 0 Å². The smallest absolute Gasteiger partial charge is 0.222 e. The Morgan fingerprint density at radius 1 is 1.50 bits per heavy atom. The van der Waals surface area contributed by atoms with Crippen LogP contribution in [0.2, 0.25) is 0 Å². The Balaban J connectivity index is 2.34. The molecule has 6 nitrogen and oxygen atoms in total. The summed E-state index contributed by atoms with van der Waals surface area (Å²) >= 11 is 0. The van der Waals surface area contributed by atoms with Crippen LogP contribution in [0.4, 0.5) is 0 Å². The first kappa shape index (κ1) is 14.8. The van der Waals surface area contributed by atoms with E-state index >= 15 is 0 Å². The minimum Gasteiger partial charge on any atom is -0.409 e. The van der Waals surface area contributed by atoms with E-state index in [4.69, 9.17) is 15.7 Å². The molecule has 6 heteroatoms. The van der Waals surface area contributed by atoms with Crippen LogP contribution in [0, 0.1) is 0 Å². The van der Waals surface area contributed by atoms with Crippen molar-refractivity contribution >= 4 is 11.7 Å². The van der Waals surface area contributed by atoms with Crippen LogP contribution in [0.3, 0.4) is 0 Å². The zero-order valence-electron chi connectivity index (χ0n) is 11.0. The van der Waals surface area contributed by atoms with Crippen LogP contribution in [-0.4, -0.2) is 47.7 Å². The average Bonchev–Trinajstić information content (AvgIpc) is 2.42. The number of morpholine rings is 1. The molecule has 1 unspecified atom stereocenters. The molecule has 1 fully saturated rings. The van der Waals surface area contributed by atoms with Gasteiger partial charge in [-0.15, -0.1) is 0 Å². The summed E-state index contributed by atoms with van der Waals surface area (Å²) in [6.45, 7) is 3.54. The highest BCUT2D eigenvalue weighted by atomic mass is 16.5. The van der Waals surface area contributed by atoms with Gasteiger partial charge in [0.25, 0.3) is 0 Å². The first-order valence-corrected chi connectivity index (χ1v) is 6.55. The highest BCUT2D eigenvalue weighted by molar-refractivity contribution is 5.85. The molecule has 0 saturated carbocycles. The summed E-state index contributed by atoms with van der Waals surface area (Å²) in [6.07, 6.45) is 4.45. The molecule has 3 N–H and O–H groups in total. The van der Waals surface area contributed by atoms with Crippen LogP contribution >= 0.6 is 0 Å². The normalized spacial score (nSPS) is 21.1. The Hall–Kier alpha value is -1.30. The van der Waals surface area contributed by atoms with Crippen molar-refractivity contribution in [1.29, 1.82) is 0 Å². The lowest BCUT2D eigenvalue weighted by molar-refractivity contribution is -0.136. The SMILES string of the molecule is CCCCCCC(=O)N1CCOC(C(N)=NO)C1. The van der Waals surface area contributed by atoms with Gasteiger partial charge in [-0.25, -0.2) is 0 Å². The molecule has 0 radical (unpaired) electrons. The minimum atomic E-state index is -0.483. The van der Waals surface area contributed by atoms with E-state index in [1.54, 1.807) is 4.90 Å². The fourth-order valence-electron chi connectivity index (χ4n) is 1.98. The van der Waals surface area contributed by atoms with E-state index in [-0.39, 0.29) is 11.7 Å². The zero-order chi connectivity index (χ0) is 13.4. The number of unbranched alkanes of at least 4 members (excludes halogenated alkanes) is 3. The number of hydrogen-bond donors (Lipinski definition) is 2. The molecule has 0 bridgehead atoms. The van der Waals surface area contributed by atoms with Gasteiger partial charge < -0.3 is 20.6 Å². The third kappa shape index (κ3) is 4.52. The molecule has 1 atom stereocenters. The summed E-state index contributed by atoms with van der Waals surface area (Å²) in [5.74, 6) is 0.156. The van der Waals surface area contributed by atoms with Gasteiger partial charge >= 0.3 is 0 Å². The molecule has 1 saturated heterocycles. The van der Waals surface area contributed by atoms with Crippen molar-refractivity contribution in [2.45, 2.75) is 45.1 Å². The van der Waals surface area contributed by atoms with Gasteiger partial charge in [0.15, 0.2) is 5.84 Å². The first-order valence-electron chi connectivity index (χ1n) is 6.55. The minimum absolute atomic E-state index is 0.0264. The summed E-state index contributed by atoms with van der Waals surface area (Å²) in [5, 5.41) is 11.5. The highest BCUT2D eigenvalue weighted by Gasteiger charge is 2.26. The van der Waals surface area contributed by atoms with Crippen LogP contribution in [-0.2, 0) is 9.53 Å². The van der Waals surface area contributed by atoms with E-state index in [0.29, 0.717) is 26.1 Å². The molecule has 0 aromatic rings. The Kier molecular flexibility index (Phi) is 6.49. The van der Waals surface area contributed by atoms with Gasteiger partial charge in [-0.1, -0.05) is 31.3 Å². The largest absolute Gasteiger partial charge is 0.409 e. The second-order valence-corrected chi connectivity index (χ2v) is 4.53. The van der Waals surface area contributed by atoms with Crippen LogP contribution in [0.15, 0.2) is 5.16 Å². The first-order chi connectivity index (χ1) is 8.69. The molecule has 18 heavy (non-hydrogen) atoms. The summed E-state index contributed by atoms with van der Waals surface area (Å²) in [4.78, 5) is 13.7. The van der Waals surface area contributed by atoms with Crippen LogP contribution in [0.5, 0.6) is 0 Å². The van der Waals surface area contributed by atoms with Gasteiger partial charge in [-0.2, -0.15) is 0 Å². The molecule has 1 aliphatic heterocycles. The molecule has 0 spiro atoms. The van der Waals surface area contributed by atoms with E-state index < -0.39 is 6.10 Å². The van der Waals surface area contributed by atoms with Gasteiger partial charge in [0.1, 0.15) is 6.10 Å². The predicted octanol–water partition coefficient (Wildman–Crippen LogP) is 0.931. The number of carbonyl (C=O) groups is 1. The Morgan fingerprint density at radius 2 is 2.28 bits per heavy atom. The van der Waals surface area contributed by atoms with E-state index in [9.17, 15) is 4.79 Å². The number of rotatable bonds is 6. The summed E-state index contributed by atoms with van der Waals surface area (Å²) < 4.78 is 5.34. The topological polar surface area (TPSA) is 88.2 Å². The number of hydrogen-bond acceptors (Lipinski definition) is 4. The molecule has 0 aliphatic carbocycles.